The predicted octanol–water partition coefficient (Wildman–Crippen LogP) is 4.42. The highest BCUT2D eigenvalue weighted by molar-refractivity contribution is 7.99. The van der Waals surface area contributed by atoms with Crippen LogP contribution in [-0.2, 0) is 17.8 Å². The highest BCUT2D eigenvalue weighted by Crippen LogP contribution is 2.32. The summed E-state index contributed by atoms with van der Waals surface area (Å²) in [6.45, 7) is 4.26. The van der Waals surface area contributed by atoms with Gasteiger partial charge in [0, 0.05) is 16.8 Å². The van der Waals surface area contributed by atoms with E-state index >= 15 is 0 Å². The van der Waals surface area contributed by atoms with Crippen LogP contribution in [0.3, 0.4) is 0 Å². The number of ether oxygens (including phenoxy) is 1. The number of hydrogen-bond donors (Lipinski definition) is 1. The number of amides is 1. The molecule has 0 spiro atoms. The van der Waals surface area contributed by atoms with E-state index in [0.717, 1.165) is 23.4 Å². The molecule has 1 N–H and O–H groups in total. The monoisotopic (exact) mass is 428 g/mol. The van der Waals surface area contributed by atoms with E-state index in [-0.39, 0.29) is 24.3 Å². The number of rotatable bonds is 6. The summed E-state index contributed by atoms with van der Waals surface area (Å²) in [5, 5.41) is 8.27. The van der Waals surface area contributed by atoms with E-state index in [1.54, 1.807) is 6.07 Å². The minimum atomic E-state index is 0.0617. The molecule has 6 nitrogen and oxygen atoms in total. The number of H-pyrrole nitrogens is 1. The number of benzene rings is 2. The lowest BCUT2D eigenvalue weighted by atomic mass is 10.1. The highest BCUT2D eigenvalue weighted by Gasteiger charge is 2.30. The Bertz CT molecular complexity index is 1040. The lowest BCUT2D eigenvalue weighted by Gasteiger charge is -2.22. The van der Waals surface area contributed by atoms with Crippen LogP contribution in [0.5, 0.6) is 5.75 Å². The third kappa shape index (κ3) is 4.41. The summed E-state index contributed by atoms with van der Waals surface area (Å²) in [5.74, 6) is 1.67. The largest absolute Gasteiger partial charge is 0.486 e. The van der Waals surface area contributed by atoms with Crippen LogP contribution in [0.4, 0.5) is 5.69 Å². The molecule has 3 aromatic rings. The number of carbonyl (C=O) groups excluding carboxylic acids is 1. The molecule has 4 rings (SSSR count). The second-order valence-electron chi connectivity index (χ2n) is 7.00. The van der Waals surface area contributed by atoms with Crippen LogP contribution in [0, 0.1) is 6.92 Å². The summed E-state index contributed by atoms with van der Waals surface area (Å²) in [4.78, 5) is 19.1. The molecule has 0 saturated heterocycles. The zero-order chi connectivity index (χ0) is 20.4. The average Bonchev–Trinajstić information content (AvgIpc) is 3.30. The van der Waals surface area contributed by atoms with Crippen molar-refractivity contribution in [1.29, 1.82) is 0 Å². The predicted molar refractivity (Wildman–Crippen MR) is 115 cm³/mol. The van der Waals surface area contributed by atoms with E-state index in [9.17, 15) is 4.79 Å². The SMILES string of the molecule is Cc1cc(OCc2nc(SCC(=O)N3c4ccccc4CC3C)n[nH]2)ccc1Cl. The van der Waals surface area contributed by atoms with Gasteiger partial charge in [0.25, 0.3) is 0 Å². The number of fused-ring (bicyclic) bond motifs is 1. The van der Waals surface area contributed by atoms with E-state index in [1.807, 2.05) is 42.2 Å². The van der Waals surface area contributed by atoms with E-state index in [1.165, 1.54) is 17.3 Å². The van der Waals surface area contributed by atoms with Crippen molar-refractivity contribution in [3.63, 3.8) is 0 Å². The highest BCUT2D eigenvalue weighted by atomic mass is 35.5. The summed E-state index contributed by atoms with van der Waals surface area (Å²) in [5.41, 5.74) is 3.18. The summed E-state index contributed by atoms with van der Waals surface area (Å²) in [6.07, 6.45) is 0.888. The van der Waals surface area contributed by atoms with Crippen molar-refractivity contribution in [1.82, 2.24) is 15.2 Å². The third-order valence-corrected chi connectivity index (χ3v) is 6.07. The van der Waals surface area contributed by atoms with Gasteiger partial charge in [0.15, 0.2) is 5.82 Å². The average molecular weight is 429 g/mol. The summed E-state index contributed by atoms with van der Waals surface area (Å²) >= 11 is 7.35. The van der Waals surface area contributed by atoms with Crippen LogP contribution < -0.4 is 9.64 Å². The van der Waals surface area contributed by atoms with Gasteiger partial charge in [-0.25, -0.2) is 4.98 Å². The molecular weight excluding hydrogens is 408 g/mol. The van der Waals surface area contributed by atoms with Crippen LogP contribution in [0.15, 0.2) is 47.6 Å². The van der Waals surface area contributed by atoms with Crippen LogP contribution in [0.2, 0.25) is 5.02 Å². The molecule has 0 saturated carbocycles. The Morgan fingerprint density at radius 2 is 2.17 bits per heavy atom. The molecule has 2 heterocycles. The fourth-order valence-electron chi connectivity index (χ4n) is 3.41. The first-order valence-corrected chi connectivity index (χ1v) is 10.7. The lowest BCUT2D eigenvalue weighted by Crippen LogP contribution is -2.37. The molecule has 0 radical (unpaired) electrons. The van der Waals surface area contributed by atoms with E-state index in [4.69, 9.17) is 16.3 Å². The quantitative estimate of drug-likeness (QED) is 0.588. The number of aromatic nitrogens is 3. The normalized spacial score (nSPS) is 15.4. The van der Waals surface area contributed by atoms with Crippen LogP contribution in [0.1, 0.15) is 23.9 Å². The van der Waals surface area contributed by atoms with Crippen molar-refractivity contribution in [3.05, 3.63) is 64.4 Å². The minimum Gasteiger partial charge on any atom is -0.486 e. The number of hydrogen-bond acceptors (Lipinski definition) is 5. The number of nitrogens with zero attached hydrogens (tertiary/aromatic N) is 3. The molecule has 8 heteroatoms. The molecule has 2 aromatic carbocycles. The van der Waals surface area contributed by atoms with Gasteiger partial charge in [0.05, 0.1) is 5.75 Å². The first kappa shape index (κ1) is 19.8. The number of carbonyl (C=O) groups is 1. The Hall–Kier alpha value is -2.51. The Labute approximate surface area is 178 Å². The Kier molecular flexibility index (Phi) is 5.78. The molecule has 29 heavy (non-hydrogen) atoms. The van der Waals surface area contributed by atoms with Gasteiger partial charge in [-0.1, -0.05) is 41.6 Å². The van der Waals surface area contributed by atoms with Crippen molar-refractivity contribution in [2.75, 3.05) is 10.7 Å². The molecule has 0 aliphatic carbocycles. The smallest absolute Gasteiger partial charge is 0.237 e. The number of thioether (sulfide) groups is 1. The van der Waals surface area contributed by atoms with Crippen LogP contribution in [0.25, 0.3) is 0 Å². The Balaban J connectivity index is 1.32. The van der Waals surface area contributed by atoms with E-state index < -0.39 is 0 Å². The zero-order valence-electron chi connectivity index (χ0n) is 16.2. The van der Waals surface area contributed by atoms with Gasteiger partial charge in [-0.3, -0.25) is 9.89 Å². The van der Waals surface area contributed by atoms with Gasteiger partial charge in [-0.05, 0) is 55.7 Å². The second kappa shape index (κ2) is 8.47. The number of aryl methyl sites for hydroxylation is 1. The Morgan fingerprint density at radius 1 is 1.34 bits per heavy atom. The van der Waals surface area contributed by atoms with Crippen molar-refractivity contribution >= 4 is 35.0 Å². The fourth-order valence-corrected chi connectivity index (χ4v) is 4.20. The summed E-state index contributed by atoms with van der Waals surface area (Å²) < 4.78 is 5.72. The van der Waals surface area contributed by atoms with Gasteiger partial charge in [-0.15, -0.1) is 5.10 Å². The summed E-state index contributed by atoms with van der Waals surface area (Å²) in [6, 6.07) is 13.7. The minimum absolute atomic E-state index is 0.0617. The Morgan fingerprint density at radius 3 is 3.00 bits per heavy atom. The maximum atomic E-state index is 12.8. The lowest BCUT2D eigenvalue weighted by molar-refractivity contribution is -0.116. The molecule has 1 aromatic heterocycles. The maximum Gasteiger partial charge on any atom is 0.237 e. The molecule has 150 valence electrons. The molecule has 1 aliphatic heterocycles. The zero-order valence-corrected chi connectivity index (χ0v) is 17.8. The number of halogens is 1. The van der Waals surface area contributed by atoms with Crippen molar-refractivity contribution < 1.29 is 9.53 Å². The van der Waals surface area contributed by atoms with Gasteiger partial charge in [0.1, 0.15) is 12.4 Å². The molecule has 1 aliphatic rings. The second-order valence-corrected chi connectivity index (χ2v) is 8.35. The standard InChI is InChI=1S/C21H21ClN4O2S/c1-13-9-16(7-8-17(13)22)28-11-19-23-21(25-24-19)29-12-20(27)26-14(2)10-15-5-3-4-6-18(15)26/h3-9,14H,10-12H2,1-2H3,(H,23,24,25). The number of para-hydroxylation sites is 1. The van der Waals surface area contributed by atoms with E-state index in [2.05, 4.69) is 28.2 Å². The third-order valence-electron chi connectivity index (χ3n) is 4.82. The van der Waals surface area contributed by atoms with Crippen LogP contribution in [-0.4, -0.2) is 32.9 Å². The van der Waals surface area contributed by atoms with Crippen molar-refractivity contribution in [3.8, 4) is 5.75 Å². The van der Waals surface area contributed by atoms with Crippen LogP contribution >= 0.6 is 23.4 Å². The molecule has 1 atom stereocenters. The van der Waals surface area contributed by atoms with Crippen molar-refractivity contribution in [2.24, 2.45) is 0 Å². The van der Waals surface area contributed by atoms with Gasteiger partial charge >= 0.3 is 0 Å². The van der Waals surface area contributed by atoms with Gasteiger partial charge in [-0.2, -0.15) is 0 Å². The molecule has 1 unspecified atom stereocenters. The topological polar surface area (TPSA) is 71.1 Å². The van der Waals surface area contributed by atoms with Crippen molar-refractivity contribution in [2.45, 2.75) is 38.1 Å². The van der Waals surface area contributed by atoms with Gasteiger partial charge < -0.3 is 9.64 Å². The molecule has 0 fully saturated rings. The maximum absolute atomic E-state index is 12.8. The fraction of sp³-hybridized carbons (Fsp3) is 0.286. The number of aromatic amines is 1. The van der Waals surface area contributed by atoms with Gasteiger partial charge in [0.2, 0.25) is 11.1 Å². The first-order chi connectivity index (χ1) is 14.0. The number of anilines is 1. The first-order valence-electron chi connectivity index (χ1n) is 9.34. The van der Waals surface area contributed by atoms with E-state index in [0.29, 0.717) is 16.0 Å². The molecule has 0 bridgehead atoms. The molecular formula is C21H21ClN4O2S. The number of nitrogens with one attached hydrogen (secondary N) is 1. The summed E-state index contributed by atoms with van der Waals surface area (Å²) in [7, 11) is 0. The molecule has 1 amide bonds.